The molecular weight excluding hydrogens is 718 g/mol. The molecule has 4 aliphatic heterocycles. The number of halogens is 7. The van der Waals surface area contributed by atoms with Crippen LogP contribution >= 0.6 is 11.6 Å². The lowest BCUT2D eigenvalue weighted by atomic mass is 9.94. The maximum atomic E-state index is 15.0. The van der Waals surface area contributed by atoms with Crippen LogP contribution in [0.1, 0.15) is 60.6 Å². The Morgan fingerprint density at radius 1 is 1.15 bits per heavy atom. The van der Waals surface area contributed by atoms with Crippen LogP contribution in [0.15, 0.2) is 27.9 Å². The first-order valence-electron chi connectivity index (χ1n) is 17.1. The Labute approximate surface area is 302 Å². The summed E-state index contributed by atoms with van der Waals surface area (Å²) in [5, 5.41) is -0.0807. The molecule has 18 heteroatoms. The minimum absolute atomic E-state index is 0.0593. The molecule has 7 rings (SSSR count). The predicted octanol–water partition coefficient (Wildman–Crippen LogP) is 4.86. The number of nitrogen functional groups attached to an aromatic ring is 1. The summed E-state index contributed by atoms with van der Waals surface area (Å²) < 4.78 is 93.6. The monoisotopic (exact) mass is 758 g/mol. The number of nitrogens with zero attached hydrogens (tertiary/aromatic N) is 6. The van der Waals surface area contributed by atoms with Gasteiger partial charge in [0.1, 0.15) is 23.9 Å². The molecule has 11 nitrogen and oxygen atoms in total. The summed E-state index contributed by atoms with van der Waals surface area (Å²) in [6, 6.07) is 1.58. The molecule has 1 aromatic heterocycles. The van der Waals surface area contributed by atoms with Crippen molar-refractivity contribution in [3.63, 3.8) is 0 Å². The quantitative estimate of drug-likeness (QED) is 0.241. The Morgan fingerprint density at radius 3 is 2.58 bits per heavy atom. The van der Waals surface area contributed by atoms with Gasteiger partial charge in [-0.1, -0.05) is 11.6 Å². The molecule has 0 radical (unpaired) electrons. The van der Waals surface area contributed by atoms with Crippen molar-refractivity contribution in [1.82, 2.24) is 19.8 Å². The first-order chi connectivity index (χ1) is 24.7. The Kier molecular flexibility index (Phi) is 11.1. The molecule has 5 atom stereocenters. The average Bonchev–Trinajstić information content (AvgIpc) is 3.64. The van der Waals surface area contributed by atoms with Crippen LogP contribution < -0.4 is 21.1 Å². The summed E-state index contributed by atoms with van der Waals surface area (Å²) in [5.74, 6) is -1.48. The molecule has 2 saturated heterocycles. The fourth-order valence-corrected chi connectivity index (χ4v) is 7.42. The second-order valence-electron chi connectivity index (χ2n) is 13.6. The van der Waals surface area contributed by atoms with Gasteiger partial charge in [-0.2, -0.15) is 23.1 Å². The van der Waals surface area contributed by atoms with Gasteiger partial charge in [0, 0.05) is 56.7 Å². The van der Waals surface area contributed by atoms with Gasteiger partial charge in [0.25, 0.3) is 5.91 Å². The fourth-order valence-electron chi connectivity index (χ4n) is 7.21. The summed E-state index contributed by atoms with van der Waals surface area (Å²) in [6.07, 6.45) is -3.91. The van der Waals surface area contributed by atoms with Crippen molar-refractivity contribution in [2.24, 2.45) is 10.7 Å². The van der Waals surface area contributed by atoms with E-state index in [1.807, 2.05) is 0 Å². The van der Waals surface area contributed by atoms with Gasteiger partial charge in [-0.15, -0.1) is 0 Å². The minimum Gasteiger partial charge on any atom is -0.467 e. The maximum absolute atomic E-state index is 15.0. The van der Waals surface area contributed by atoms with E-state index in [1.54, 1.807) is 4.90 Å². The molecule has 1 saturated carbocycles. The number of aliphatic imine (C=N–C) groups is 1. The number of ether oxygens (including phenoxy) is 2. The van der Waals surface area contributed by atoms with Crippen LogP contribution in [0.5, 0.6) is 6.01 Å². The highest BCUT2D eigenvalue weighted by Crippen LogP contribution is 2.43. The van der Waals surface area contributed by atoms with Gasteiger partial charge in [0.05, 0.1) is 60.1 Å². The molecule has 2 aromatic rings. The van der Waals surface area contributed by atoms with Gasteiger partial charge in [-0.05, 0) is 44.4 Å². The molecule has 1 amide bonds. The van der Waals surface area contributed by atoms with Crippen molar-refractivity contribution in [2.75, 3.05) is 57.5 Å². The van der Waals surface area contributed by atoms with Crippen LogP contribution in [0.2, 0.25) is 0 Å². The molecule has 5 unspecified atom stereocenters. The van der Waals surface area contributed by atoms with Gasteiger partial charge in [-0.3, -0.25) is 14.7 Å². The highest BCUT2D eigenvalue weighted by Gasteiger charge is 2.44. The zero-order chi connectivity index (χ0) is 37.5. The van der Waals surface area contributed by atoms with Crippen molar-refractivity contribution in [1.29, 1.82) is 0 Å². The SMILES string of the molecule is COc1nc2c(c(N3CCCN=C(/C(Cl)=C(\N)C(=O)N(C)C4CC4F)C3)n1)COC(c1c(C(F)(F)F)ccc(N)c1F)C2.FC1CC2CCCN2C1. The molecule has 284 valence electrons. The lowest BCUT2D eigenvalue weighted by Gasteiger charge is -2.31. The van der Waals surface area contributed by atoms with Gasteiger partial charge in [0.2, 0.25) is 0 Å². The molecule has 0 bridgehead atoms. The number of hydrogen-bond donors (Lipinski definition) is 2. The van der Waals surface area contributed by atoms with Crippen LogP contribution in [0.3, 0.4) is 0 Å². The number of carbonyl (C=O) groups is 1. The van der Waals surface area contributed by atoms with Crippen LogP contribution in [-0.4, -0.2) is 103 Å². The summed E-state index contributed by atoms with van der Waals surface area (Å²) in [5.41, 5.74) is 10.1. The normalized spacial score (nSPS) is 26.3. The first-order valence-corrected chi connectivity index (χ1v) is 17.5. The van der Waals surface area contributed by atoms with Gasteiger partial charge in [-0.25, -0.2) is 13.2 Å². The number of amides is 1. The molecule has 4 N–H and O–H groups in total. The van der Waals surface area contributed by atoms with E-state index in [-0.39, 0.29) is 42.7 Å². The van der Waals surface area contributed by atoms with Crippen molar-refractivity contribution >= 4 is 34.7 Å². The summed E-state index contributed by atoms with van der Waals surface area (Å²) in [7, 11) is 2.78. The molecule has 3 fully saturated rings. The Bertz CT molecular complexity index is 1730. The second-order valence-corrected chi connectivity index (χ2v) is 14.0. The third-order valence-electron chi connectivity index (χ3n) is 10.1. The molecule has 1 aliphatic carbocycles. The van der Waals surface area contributed by atoms with E-state index >= 15 is 4.39 Å². The molecule has 52 heavy (non-hydrogen) atoms. The smallest absolute Gasteiger partial charge is 0.416 e. The van der Waals surface area contributed by atoms with Crippen LogP contribution in [0.25, 0.3) is 0 Å². The fraction of sp³-hybridized carbons (Fsp3) is 0.588. The number of likely N-dealkylation sites (N-methyl/N-ethyl adjacent to an activating group) is 1. The predicted molar refractivity (Wildman–Crippen MR) is 182 cm³/mol. The zero-order valence-corrected chi connectivity index (χ0v) is 29.5. The van der Waals surface area contributed by atoms with Crippen molar-refractivity contribution in [3.05, 3.63) is 51.1 Å². The van der Waals surface area contributed by atoms with Gasteiger partial charge in [0.15, 0.2) is 5.82 Å². The molecule has 1 aromatic carbocycles. The van der Waals surface area contributed by atoms with E-state index < -0.39 is 59.2 Å². The lowest BCUT2D eigenvalue weighted by molar-refractivity contribution is -0.140. The molecular formula is C34H41ClF6N8O3. The van der Waals surface area contributed by atoms with E-state index in [9.17, 15) is 26.7 Å². The third kappa shape index (κ3) is 7.90. The van der Waals surface area contributed by atoms with Crippen molar-refractivity contribution < 1.29 is 40.6 Å². The number of rotatable bonds is 6. The maximum Gasteiger partial charge on any atom is 0.416 e. The van der Waals surface area contributed by atoms with Gasteiger partial charge < -0.3 is 30.7 Å². The summed E-state index contributed by atoms with van der Waals surface area (Å²) in [6.45, 7) is 2.45. The number of alkyl halides is 5. The molecule has 0 spiro atoms. The van der Waals surface area contributed by atoms with Crippen molar-refractivity contribution in [3.8, 4) is 6.01 Å². The van der Waals surface area contributed by atoms with Crippen LogP contribution in [-0.2, 0) is 28.7 Å². The number of methoxy groups -OCH3 is 1. The highest BCUT2D eigenvalue weighted by atomic mass is 35.5. The number of carbonyl (C=O) groups excluding carboxylic acids is 1. The highest BCUT2D eigenvalue weighted by molar-refractivity contribution is 6.45. The minimum atomic E-state index is -4.85. The standard InChI is InChI=1S/C27H29ClF5N7O3.C7H12FN/c1-39(18-8-14(18)29)25(41)23(35)21(28)17-10-40(7-3-6-36-17)24-12-11-43-19(9-16(12)37-26(38-24)42-2)20-13(27(31,32)33)4-5-15(34)22(20)30;8-6-4-7-2-1-3-9(7)5-6/h4-5,14,18-19H,3,6-11,34-35H2,1-2H3;6-7H,1-5H2/b23-21+;. The summed E-state index contributed by atoms with van der Waals surface area (Å²) >= 11 is 6.54. The third-order valence-corrected chi connectivity index (χ3v) is 10.5. The van der Waals surface area contributed by atoms with E-state index in [0.717, 1.165) is 25.1 Å². The van der Waals surface area contributed by atoms with Crippen LogP contribution in [0.4, 0.5) is 37.8 Å². The first kappa shape index (κ1) is 37.9. The van der Waals surface area contributed by atoms with E-state index in [1.165, 1.54) is 31.9 Å². The van der Waals surface area contributed by atoms with Crippen molar-refractivity contribution in [2.45, 2.75) is 81.8 Å². The number of benzene rings is 1. The van der Waals surface area contributed by atoms with Gasteiger partial charge >= 0.3 is 12.2 Å². The number of anilines is 2. The van der Waals surface area contributed by atoms with E-state index in [4.69, 9.17) is 32.5 Å². The largest absolute Gasteiger partial charge is 0.467 e. The lowest BCUT2D eigenvalue weighted by Crippen LogP contribution is -2.37. The summed E-state index contributed by atoms with van der Waals surface area (Å²) in [4.78, 5) is 31.4. The average molecular weight is 759 g/mol. The second kappa shape index (κ2) is 15.3. The van der Waals surface area contributed by atoms with E-state index in [2.05, 4.69) is 19.9 Å². The number of hydrogen-bond acceptors (Lipinski definition) is 10. The molecule has 5 aliphatic rings. The Balaban J connectivity index is 0.000000444. The Hall–Kier alpha value is -3.83. The van der Waals surface area contributed by atoms with Crippen LogP contribution in [0, 0.1) is 5.82 Å². The van der Waals surface area contributed by atoms with E-state index in [0.29, 0.717) is 54.9 Å². The number of nitrogens with two attached hydrogens (primary N) is 2. The number of fused-ring (bicyclic) bond motifs is 2. The zero-order valence-electron chi connectivity index (χ0n) is 28.7. The number of aromatic nitrogens is 2. The Morgan fingerprint density at radius 2 is 1.90 bits per heavy atom. The topological polar surface area (TPSA) is 135 Å². The molecule has 5 heterocycles.